The van der Waals surface area contributed by atoms with Crippen LogP contribution in [0.1, 0.15) is 13.8 Å². The topological polar surface area (TPSA) is 75.7 Å². The maximum absolute atomic E-state index is 13.1. The number of nitrogens with zero attached hydrogens (tertiary/aromatic N) is 1. The molecule has 0 unspecified atom stereocenters. The predicted octanol–water partition coefficient (Wildman–Crippen LogP) is 4.58. The number of hydrogen-bond donors (Lipinski definition) is 1. The Hall–Kier alpha value is -3.32. The van der Waals surface area contributed by atoms with Crippen molar-refractivity contribution in [1.29, 1.82) is 0 Å². The van der Waals surface area contributed by atoms with Gasteiger partial charge in [0.25, 0.3) is 10.0 Å². The normalized spacial score (nSPS) is 15.7. The van der Waals surface area contributed by atoms with Gasteiger partial charge >= 0.3 is 0 Å². The number of fused-ring (bicyclic) bond motifs is 2. The molecule has 0 atom stereocenters. The lowest BCUT2D eigenvalue weighted by Gasteiger charge is -2.27. The third kappa shape index (κ3) is 3.88. The molecule has 3 aromatic carbocycles. The first-order chi connectivity index (χ1) is 14.7. The van der Waals surface area contributed by atoms with Crippen LogP contribution in [0.2, 0.25) is 0 Å². The SMILES string of the molecule is C=CCN1C(=O)C(C)(C)COc2cc(NS(=O)(=O)c3cccc4ccccc34)ccc21. The van der Waals surface area contributed by atoms with Gasteiger partial charge in [0.1, 0.15) is 12.4 Å². The molecule has 1 N–H and O–H groups in total. The lowest BCUT2D eigenvalue weighted by Crippen LogP contribution is -2.42. The molecule has 0 bridgehead atoms. The molecule has 1 aliphatic heterocycles. The largest absolute Gasteiger partial charge is 0.490 e. The van der Waals surface area contributed by atoms with E-state index in [1.54, 1.807) is 47.4 Å². The first kappa shape index (κ1) is 20.9. The van der Waals surface area contributed by atoms with E-state index >= 15 is 0 Å². The molecule has 0 aliphatic carbocycles. The number of sulfonamides is 1. The summed E-state index contributed by atoms with van der Waals surface area (Å²) >= 11 is 0. The van der Waals surface area contributed by atoms with Crippen LogP contribution in [0, 0.1) is 5.41 Å². The summed E-state index contributed by atoms with van der Waals surface area (Å²) in [6.07, 6.45) is 1.65. The van der Waals surface area contributed by atoms with Crippen LogP contribution in [0.15, 0.2) is 78.2 Å². The van der Waals surface area contributed by atoms with Crippen molar-refractivity contribution in [3.05, 3.63) is 73.3 Å². The lowest BCUT2D eigenvalue weighted by molar-refractivity contribution is -0.127. The Kier molecular flexibility index (Phi) is 5.23. The molecule has 1 heterocycles. The molecule has 3 aromatic rings. The van der Waals surface area contributed by atoms with E-state index in [1.165, 1.54) is 0 Å². The van der Waals surface area contributed by atoms with Crippen LogP contribution in [0.4, 0.5) is 11.4 Å². The monoisotopic (exact) mass is 436 g/mol. The van der Waals surface area contributed by atoms with E-state index in [4.69, 9.17) is 4.74 Å². The van der Waals surface area contributed by atoms with Gasteiger partial charge in [-0.3, -0.25) is 9.52 Å². The van der Waals surface area contributed by atoms with Gasteiger partial charge in [-0.05, 0) is 37.4 Å². The molecule has 160 valence electrons. The summed E-state index contributed by atoms with van der Waals surface area (Å²) < 4.78 is 34.8. The number of ether oxygens (including phenoxy) is 1. The van der Waals surface area contributed by atoms with Crippen molar-refractivity contribution in [1.82, 2.24) is 0 Å². The highest BCUT2D eigenvalue weighted by Gasteiger charge is 2.37. The zero-order valence-electron chi connectivity index (χ0n) is 17.5. The van der Waals surface area contributed by atoms with Crippen molar-refractivity contribution < 1.29 is 17.9 Å². The number of benzene rings is 3. The van der Waals surface area contributed by atoms with Gasteiger partial charge in [-0.15, -0.1) is 6.58 Å². The Labute approximate surface area is 182 Å². The highest BCUT2D eigenvalue weighted by Crippen LogP contribution is 2.38. The van der Waals surface area contributed by atoms with Crippen molar-refractivity contribution in [3.8, 4) is 5.75 Å². The number of carbonyl (C=O) groups is 1. The van der Waals surface area contributed by atoms with Crippen LogP contribution in [0.5, 0.6) is 5.75 Å². The molecule has 0 fully saturated rings. The smallest absolute Gasteiger partial charge is 0.262 e. The second kappa shape index (κ2) is 7.74. The van der Waals surface area contributed by atoms with E-state index in [-0.39, 0.29) is 17.4 Å². The Bertz CT molecular complexity index is 1280. The number of amides is 1. The van der Waals surface area contributed by atoms with Crippen molar-refractivity contribution in [2.24, 2.45) is 5.41 Å². The van der Waals surface area contributed by atoms with Crippen LogP contribution >= 0.6 is 0 Å². The average molecular weight is 437 g/mol. The van der Waals surface area contributed by atoms with Gasteiger partial charge in [0, 0.05) is 18.0 Å². The minimum absolute atomic E-state index is 0.0739. The first-order valence-corrected chi connectivity index (χ1v) is 11.4. The Morgan fingerprint density at radius 1 is 1.13 bits per heavy atom. The van der Waals surface area contributed by atoms with Crippen LogP contribution in [0.3, 0.4) is 0 Å². The van der Waals surface area contributed by atoms with E-state index in [0.717, 1.165) is 5.39 Å². The van der Waals surface area contributed by atoms with Crippen molar-refractivity contribution >= 4 is 38.1 Å². The maximum Gasteiger partial charge on any atom is 0.262 e. The van der Waals surface area contributed by atoms with E-state index in [1.807, 2.05) is 38.1 Å². The number of carbonyl (C=O) groups excluding carboxylic acids is 1. The molecule has 4 rings (SSSR count). The summed E-state index contributed by atoms with van der Waals surface area (Å²) in [6, 6.07) is 17.4. The fourth-order valence-corrected chi connectivity index (χ4v) is 4.94. The van der Waals surface area contributed by atoms with Crippen LogP contribution in [-0.4, -0.2) is 27.5 Å². The van der Waals surface area contributed by atoms with Crippen LogP contribution in [0.25, 0.3) is 10.8 Å². The van der Waals surface area contributed by atoms with E-state index in [2.05, 4.69) is 11.3 Å². The lowest BCUT2D eigenvalue weighted by atomic mass is 9.93. The minimum atomic E-state index is -3.84. The molecule has 7 heteroatoms. The molecule has 1 amide bonds. The fraction of sp³-hybridized carbons (Fsp3) is 0.208. The second-order valence-electron chi connectivity index (χ2n) is 8.14. The van der Waals surface area contributed by atoms with E-state index in [9.17, 15) is 13.2 Å². The third-order valence-corrected chi connectivity index (χ3v) is 6.71. The third-order valence-electron chi connectivity index (χ3n) is 5.27. The zero-order valence-corrected chi connectivity index (χ0v) is 18.3. The van der Waals surface area contributed by atoms with E-state index < -0.39 is 15.4 Å². The molecular formula is C24H24N2O4S. The number of rotatable bonds is 5. The maximum atomic E-state index is 13.1. The highest BCUT2D eigenvalue weighted by atomic mass is 32.2. The van der Waals surface area contributed by atoms with E-state index in [0.29, 0.717) is 29.1 Å². The van der Waals surface area contributed by atoms with Crippen molar-refractivity contribution in [2.75, 3.05) is 22.8 Å². The molecule has 0 spiro atoms. The number of nitrogens with one attached hydrogen (secondary N) is 1. The van der Waals surface area contributed by atoms with Crippen molar-refractivity contribution in [3.63, 3.8) is 0 Å². The molecule has 1 aliphatic rings. The molecule has 31 heavy (non-hydrogen) atoms. The Morgan fingerprint density at radius 2 is 1.87 bits per heavy atom. The predicted molar refractivity (Wildman–Crippen MR) is 123 cm³/mol. The van der Waals surface area contributed by atoms with Gasteiger partial charge in [-0.25, -0.2) is 8.42 Å². The summed E-state index contributed by atoms with van der Waals surface area (Å²) in [5.41, 5.74) is 0.228. The Morgan fingerprint density at radius 3 is 2.65 bits per heavy atom. The summed E-state index contributed by atoms with van der Waals surface area (Å²) in [5.74, 6) is 0.370. The van der Waals surface area contributed by atoms with Crippen molar-refractivity contribution in [2.45, 2.75) is 18.7 Å². The van der Waals surface area contributed by atoms with Gasteiger partial charge in [0.2, 0.25) is 5.91 Å². The van der Waals surface area contributed by atoms with Gasteiger partial charge in [-0.1, -0.05) is 42.5 Å². The standard InChI is InChI=1S/C24H24N2O4S/c1-4-14-26-20-13-12-18(15-21(20)30-16-24(2,3)23(26)27)25-31(28,29)22-11-7-9-17-8-5-6-10-19(17)22/h4-13,15,25H,1,14,16H2,2-3H3. The number of hydrogen-bond acceptors (Lipinski definition) is 4. The molecule has 0 saturated carbocycles. The second-order valence-corrected chi connectivity index (χ2v) is 9.79. The van der Waals surface area contributed by atoms with Crippen LogP contribution in [-0.2, 0) is 14.8 Å². The average Bonchev–Trinajstić information content (AvgIpc) is 2.83. The van der Waals surface area contributed by atoms with Crippen LogP contribution < -0.4 is 14.4 Å². The first-order valence-electron chi connectivity index (χ1n) is 9.93. The molecule has 0 aromatic heterocycles. The molecule has 0 radical (unpaired) electrons. The molecule has 0 saturated heterocycles. The fourth-order valence-electron chi connectivity index (χ4n) is 3.66. The minimum Gasteiger partial charge on any atom is -0.490 e. The van der Waals surface area contributed by atoms with Gasteiger partial charge in [0.15, 0.2) is 0 Å². The summed E-state index contributed by atoms with van der Waals surface area (Å²) in [5, 5.41) is 1.49. The Balaban J connectivity index is 1.72. The molecular weight excluding hydrogens is 412 g/mol. The molecule has 6 nitrogen and oxygen atoms in total. The zero-order chi connectivity index (χ0) is 22.2. The summed E-state index contributed by atoms with van der Waals surface area (Å²) in [7, 11) is -3.84. The van der Waals surface area contributed by atoms with Gasteiger partial charge in [0.05, 0.1) is 21.7 Å². The summed E-state index contributed by atoms with van der Waals surface area (Å²) in [4.78, 5) is 14.7. The van der Waals surface area contributed by atoms with Gasteiger partial charge < -0.3 is 9.64 Å². The number of anilines is 2. The van der Waals surface area contributed by atoms with Gasteiger partial charge in [-0.2, -0.15) is 0 Å². The highest BCUT2D eigenvalue weighted by molar-refractivity contribution is 7.93. The summed E-state index contributed by atoms with van der Waals surface area (Å²) in [6.45, 7) is 7.90. The quantitative estimate of drug-likeness (QED) is 0.594.